The summed E-state index contributed by atoms with van der Waals surface area (Å²) in [6.45, 7) is 0. The second kappa shape index (κ2) is 7.11. The van der Waals surface area contributed by atoms with Crippen molar-refractivity contribution < 1.29 is 9.53 Å². The van der Waals surface area contributed by atoms with Crippen LogP contribution in [0.15, 0.2) is 5.57 Å². The van der Waals surface area contributed by atoms with Crippen molar-refractivity contribution in [3.63, 3.8) is 0 Å². The Morgan fingerprint density at radius 2 is 1.94 bits per heavy atom. The molecule has 1 aliphatic carbocycles. The van der Waals surface area contributed by atoms with Crippen LogP contribution in [-0.2, 0) is 9.53 Å². The average Bonchev–Trinajstić information content (AvgIpc) is 2.19. The Bertz CT molecular complexity index is 318. The predicted molar refractivity (Wildman–Crippen MR) is 67.6 cm³/mol. The third kappa shape index (κ3) is 4.10. The van der Waals surface area contributed by atoms with E-state index in [1.807, 2.05) is 0 Å². The van der Waals surface area contributed by atoms with Crippen LogP contribution in [0.5, 0.6) is 0 Å². The summed E-state index contributed by atoms with van der Waals surface area (Å²) < 4.78 is 5.14. The average molecular weight is 243 g/mol. The number of thiocarbonyl (C=S) groups is 1. The highest BCUT2D eigenvalue weighted by atomic mass is 32.1. The Morgan fingerprint density at radius 1 is 1.38 bits per heavy atom. The van der Waals surface area contributed by atoms with Gasteiger partial charge in [0.15, 0.2) is 0 Å². The van der Waals surface area contributed by atoms with E-state index < -0.39 is 5.97 Å². The standard InChI is InChI=1S/C10H13N2O2S.H3N/c11-6-8(9(12)15)10(13)14-7-4-2-1-3-5-7;/h7H,1-5H2,(H2,12,15);1H3/q-1;/p+1. The fourth-order valence-corrected chi connectivity index (χ4v) is 1.72. The first kappa shape index (κ1) is 14.8. The molecule has 0 heterocycles. The summed E-state index contributed by atoms with van der Waals surface area (Å²) in [4.78, 5) is 11.2. The molecule has 0 spiro atoms. The summed E-state index contributed by atoms with van der Waals surface area (Å²) in [5.74, 6) is 0.983. The van der Waals surface area contributed by atoms with Gasteiger partial charge in [0.05, 0.1) is 0 Å². The lowest BCUT2D eigenvalue weighted by Crippen LogP contribution is -2.26. The molecule has 1 rings (SSSR count). The maximum absolute atomic E-state index is 11.4. The third-order valence-electron chi connectivity index (χ3n) is 2.39. The molecule has 5 nitrogen and oxygen atoms in total. The molecule has 6 N–H and O–H groups in total. The quantitative estimate of drug-likeness (QED) is 0.340. The molecule has 0 aliphatic heterocycles. The molecule has 16 heavy (non-hydrogen) atoms. The number of quaternary nitrogens is 1. The van der Waals surface area contributed by atoms with E-state index in [1.54, 1.807) is 5.87 Å². The van der Waals surface area contributed by atoms with Gasteiger partial charge in [-0.15, -0.1) is 0 Å². The minimum absolute atomic E-state index is 0. The van der Waals surface area contributed by atoms with Crippen molar-refractivity contribution in [3.05, 3.63) is 11.0 Å². The normalized spacial score (nSPS) is 15.5. The number of hydrogen-bond acceptors (Lipinski definition) is 3. The summed E-state index contributed by atoms with van der Waals surface area (Å²) in [6.07, 6.45) is 4.95. The first-order valence-electron chi connectivity index (χ1n) is 4.93. The van der Waals surface area contributed by atoms with Crippen LogP contribution in [0, 0.1) is 0 Å². The van der Waals surface area contributed by atoms with E-state index in [0.717, 1.165) is 25.7 Å². The highest BCUT2D eigenvalue weighted by Crippen LogP contribution is 2.20. The topological polar surface area (TPSA) is 111 Å². The number of hydrogen-bond donors (Lipinski definition) is 2. The van der Waals surface area contributed by atoms with Crippen LogP contribution in [0.2, 0.25) is 0 Å². The van der Waals surface area contributed by atoms with Gasteiger partial charge in [-0.3, -0.25) is 5.87 Å². The van der Waals surface area contributed by atoms with Gasteiger partial charge in [0.2, 0.25) is 0 Å². The number of nitrogens with zero attached hydrogens (tertiary/aromatic N) is 1. The summed E-state index contributed by atoms with van der Waals surface area (Å²) in [7, 11) is 0. The Hall–Kier alpha value is -1.23. The van der Waals surface area contributed by atoms with Crippen LogP contribution >= 0.6 is 12.2 Å². The minimum Gasteiger partial charge on any atom is -0.762 e. The van der Waals surface area contributed by atoms with Crippen LogP contribution in [0.4, 0.5) is 0 Å². The maximum atomic E-state index is 11.4. The van der Waals surface area contributed by atoms with Crippen molar-refractivity contribution in [3.8, 4) is 0 Å². The zero-order valence-electron chi connectivity index (χ0n) is 9.36. The van der Waals surface area contributed by atoms with Gasteiger partial charge in [-0.25, -0.2) is 4.79 Å². The number of rotatable bonds is 3. The molecule has 90 valence electrons. The fourth-order valence-electron chi connectivity index (χ4n) is 1.59. The lowest BCUT2D eigenvalue weighted by atomic mass is 9.98. The molecule has 0 aromatic heterocycles. The minimum atomic E-state index is -0.683. The lowest BCUT2D eigenvalue weighted by Gasteiger charge is -2.22. The molecule has 0 unspecified atom stereocenters. The predicted octanol–water partition coefficient (Wildman–Crippen LogP) is 1.69. The molecular formula is C10H17N3O2S. The highest BCUT2D eigenvalue weighted by Gasteiger charge is 2.20. The molecule has 0 radical (unpaired) electrons. The first-order chi connectivity index (χ1) is 7.15. The van der Waals surface area contributed by atoms with E-state index in [2.05, 4.69) is 12.2 Å². The first-order valence-corrected chi connectivity index (χ1v) is 5.34. The zero-order chi connectivity index (χ0) is 11.3. The van der Waals surface area contributed by atoms with Crippen molar-refractivity contribution in [2.24, 2.45) is 5.73 Å². The second-order valence-corrected chi connectivity index (χ2v) is 3.96. The summed E-state index contributed by atoms with van der Waals surface area (Å²) in [5, 5.41) is 8.64. The van der Waals surface area contributed by atoms with Gasteiger partial charge in [0, 0.05) is 0 Å². The van der Waals surface area contributed by atoms with Gasteiger partial charge in [0.25, 0.3) is 0 Å². The summed E-state index contributed by atoms with van der Waals surface area (Å²) in [6, 6.07) is 0. The second-order valence-electron chi connectivity index (χ2n) is 3.52. The fraction of sp³-hybridized carbons (Fsp3) is 0.600. The molecule has 0 bridgehead atoms. The van der Waals surface area contributed by atoms with Crippen molar-refractivity contribution in [1.29, 1.82) is 0 Å². The Labute approximate surface area is 100 Å². The van der Waals surface area contributed by atoms with E-state index in [9.17, 15) is 4.79 Å². The van der Waals surface area contributed by atoms with Crippen molar-refractivity contribution in [2.75, 3.05) is 0 Å². The highest BCUT2D eigenvalue weighted by molar-refractivity contribution is 7.80. The molecule has 1 saturated carbocycles. The Balaban J connectivity index is 0.00000225. The van der Waals surface area contributed by atoms with Crippen LogP contribution in [0.1, 0.15) is 32.1 Å². The van der Waals surface area contributed by atoms with Gasteiger partial charge in [0.1, 0.15) is 16.7 Å². The van der Waals surface area contributed by atoms with E-state index in [4.69, 9.17) is 15.9 Å². The van der Waals surface area contributed by atoms with Gasteiger partial charge in [-0.1, -0.05) is 18.6 Å². The Morgan fingerprint density at radius 3 is 2.38 bits per heavy atom. The molecule has 0 atom stereocenters. The number of nitrogens with two attached hydrogens (primary N) is 1. The number of carbonyl (C=O) groups excluding carboxylic acids is 1. The summed E-state index contributed by atoms with van der Waals surface area (Å²) in [5.41, 5.74) is 4.97. The third-order valence-corrected chi connectivity index (χ3v) is 2.59. The van der Waals surface area contributed by atoms with Crippen molar-refractivity contribution in [2.45, 2.75) is 38.2 Å². The van der Waals surface area contributed by atoms with Crippen LogP contribution in [-0.4, -0.2) is 22.9 Å². The van der Waals surface area contributed by atoms with Crippen LogP contribution in [0.3, 0.4) is 0 Å². The van der Waals surface area contributed by atoms with E-state index >= 15 is 0 Å². The van der Waals surface area contributed by atoms with E-state index in [-0.39, 0.29) is 22.8 Å². The number of esters is 1. The van der Waals surface area contributed by atoms with Gasteiger partial charge in [-0.05, 0) is 25.7 Å². The molecule has 1 aliphatic rings. The van der Waals surface area contributed by atoms with Gasteiger partial charge >= 0.3 is 5.97 Å². The monoisotopic (exact) mass is 243 g/mol. The SMILES string of the molecule is [N-]=C=C(C(=O)OC1CCCCC1)C(N)=S.[NH4+]. The Kier molecular flexibility index (Phi) is 6.56. The molecule has 0 saturated heterocycles. The van der Waals surface area contributed by atoms with Crippen LogP contribution in [0.25, 0.3) is 5.41 Å². The zero-order valence-corrected chi connectivity index (χ0v) is 10.2. The lowest BCUT2D eigenvalue weighted by molar-refractivity contribution is -0.144. The van der Waals surface area contributed by atoms with Crippen molar-refractivity contribution >= 4 is 29.0 Å². The molecular weight excluding hydrogens is 226 g/mol. The molecule has 0 aromatic rings. The summed E-state index contributed by atoms with van der Waals surface area (Å²) >= 11 is 4.58. The smallest absolute Gasteiger partial charge is 0.347 e. The molecule has 0 amide bonds. The number of carbonyl (C=O) groups is 1. The molecule has 6 heteroatoms. The van der Waals surface area contributed by atoms with E-state index in [0.29, 0.717) is 0 Å². The number of ether oxygens (including phenoxy) is 1. The van der Waals surface area contributed by atoms with Crippen molar-refractivity contribution in [1.82, 2.24) is 6.15 Å². The van der Waals surface area contributed by atoms with Gasteiger partial charge in [-0.2, -0.15) is 0 Å². The van der Waals surface area contributed by atoms with E-state index in [1.165, 1.54) is 6.42 Å². The van der Waals surface area contributed by atoms with Gasteiger partial charge < -0.3 is 22.0 Å². The largest absolute Gasteiger partial charge is 0.762 e. The van der Waals surface area contributed by atoms with Crippen LogP contribution < -0.4 is 11.9 Å². The molecule has 1 fully saturated rings. The maximum Gasteiger partial charge on any atom is 0.347 e. The molecule has 0 aromatic carbocycles.